The fraction of sp³-hybridized carbons (Fsp3) is 0.625. The molecule has 3 heteroatoms. The van der Waals surface area contributed by atoms with Crippen molar-refractivity contribution in [1.82, 2.24) is 0 Å². The zero-order valence-electron chi connectivity index (χ0n) is 11.4. The highest BCUT2D eigenvalue weighted by molar-refractivity contribution is 9.10. The molecule has 2 nitrogen and oxygen atoms in total. The van der Waals surface area contributed by atoms with Crippen molar-refractivity contribution in [1.29, 1.82) is 0 Å². The van der Waals surface area contributed by atoms with Crippen LogP contribution in [0.5, 0.6) is 5.75 Å². The van der Waals surface area contributed by atoms with Gasteiger partial charge in [-0.3, -0.25) is 0 Å². The molecule has 2 bridgehead atoms. The summed E-state index contributed by atoms with van der Waals surface area (Å²) in [5.41, 5.74) is 1.32. The molecule has 2 aliphatic carbocycles. The summed E-state index contributed by atoms with van der Waals surface area (Å²) in [6, 6.07) is 6.16. The summed E-state index contributed by atoms with van der Waals surface area (Å²) in [5.74, 6) is 2.49. The molecule has 3 atom stereocenters. The van der Waals surface area contributed by atoms with E-state index < -0.39 is 0 Å². The molecule has 0 aromatic heterocycles. The highest BCUT2D eigenvalue weighted by Crippen LogP contribution is 2.57. The van der Waals surface area contributed by atoms with Gasteiger partial charge in [-0.05, 0) is 61.3 Å². The van der Waals surface area contributed by atoms with Gasteiger partial charge in [0.15, 0.2) is 0 Å². The second-order valence-corrected chi connectivity index (χ2v) is 7.15. The average Bonchev–Trinajstić information content (AvgIpc) is 3.00. The van der Waals surface area contributed by atoms with E-state index in [9.17, 15) is 5.11 Å². The number of hydrogen-bond donors (Lipinski definition) is 1. The quantitative estimate of drug-likeness (QED) is 0.912. The van der Waals surface area contributed by atoms with Crippen molar-refractivity contribution in [2.45, 2.75) is 32.1 Å². The van der Waals surface area contributed by atoms with Gasteiger partial charge in [0.25, 0.3) is 0 Å². The molecule has 0 amide bonds. The number of fused-ring (bicyclic) bond motifs is 2. The van der Waals surface area contributed by atoms with Crippen molar-refractivity contribution in [2.24, 2.45) is 17.3 Å². The maximum atomic E-state index is 9.98. The summed E-state index contributed by atoms with van der Waals surface area (Å²) in [7, 11) is 1.72. The van der Waals surface area contributed by atoms with Crippen LogP contribution in [0.2, 0.25) is 0 Å². The van der Waals surface area contributed by atoms with Crippen molar-refractivity contribution in [3.8, 4) is 5.75 Å². The second kappa shape index (κ2) is 5.10. The van der Waals surface area contributed by atoms with Crippen LogP contribution >= 0.6 is 15.9 Å². The average molecular weight is 325 g/mol. The first kappa shape index (κ1) is 13.4. The maximum Gasteiger partial charge on any atom is 0.122 e. The molecule has 104 valence electrons. The van der Waals surface area contributed by atoms with E-state index in [2.05, 4.69) is 22.0 Å². The Kier molecular flexibility index (Phi) is 3.61. The standard InChI is InChI=1S/C16H21BrO2/c1-19-15-5-4-14(17)7-12(15)9-16(10-18)8-11-2-3-13(16)6-11/h4-5,7,11,13,18H,2-3,6,8-10H2,1H3. The van der Waals surface area contributed by atoms with Crippen molar-refractivity contribution in [3.63, 3.8) is 0 Å². The monoisotopic (exact) mass is 324 g/mol. The largest absolute Gasteiger partial charge is 0.496 e. The lowest BCUT2D eigenvalue weighted by atomic mass is 9.70. The predicted octanol–water partition coefficient (Wildman–Crippen LogP) is 3.80. The van der Waals surface area contributed by atoms with Crippen LogP contribution < -0.4 is 4.74 Å². The number of aliphatic hydroxyl groups excluding tert-OH is 1. The Labute approximate surface area is 123 Å². The summed E-state index contributed by atoms with van der Waals surface area (Å²) in [5, 5.41) is 9.98. The normalized spacial score (nSPS) is 32.8. The number of hydrogen-bond acceptors (Lipinski definition) is 2. The van der Waals surface area contributed by atoms with Gasteiger partial charge in [0.05, 0.1) is 7.11 Å². The summed E-state index contributed by atoms with van der Waals surface area (Å²) >= 11 is 3.54. The van der Waals surface area contributed by atoms with Gasteiger partial charge in [0, 0.05) is 16.5 Å². The van der Waals surface area contributed by atoms with E-state index in [1.807, 2.05) is 12.1 Å². The van der Waals surface area contributed by atoms with Gasteiger partial charge in [-0.15, -0.1) is 0 Å². The zero-order valence-corrected chi connectivity index (χ0v) is 12.9. The fourth-order valence-electron chi connectivity index (χ4n) is 4.29. The Morgan fingerprint density at radius 1 is 1.42 bits per heavy atom. The molecule has 2 fully saturated rings. The summed E-state index contributed by atoms with van der Waals surface area (Å²) in [6.45, 7) is 0.309. The highest BCUT2D eigenvalue weighted by Gasteiger charge is 2.50. The van der Waals surface area contributed by atoms with Gasteiger partial charge < -0.3 is 9.84 Å². The van der Waals surface area contributed by atoms with Crippen LogP contribution in [0.1, 0.15) is 31.2 Å². The number of aliphatic hydroxyl groups is 1. The highest BCUT2D eigenvalue weighted by atomic mass is 79.9. The molecular weight excluding hydrogens is 304 g/mol. The molecule has 0 saturated heterocycles. The topological polar surface area (TPSA) is 29.5 Å². The first-order chi connectivity index (χ1) is 9.16. The fourth-order valence-corrected chi connectivity index (χ4v) is 4.70. The molecule has 2 saturated carbocycles. The molecule has 19 heavy (non-hydrogen) atoms. The zero-order chi connectivity index (χ0) is 13.5. The minimum absolute atomic E-state index is 0.0942. The van der Waals surface area contributed by atoms with E-state index in [-0.39, 0.29) is 5.41 Å². The molecule has 0 heterocycles. The summed E-state index contributed by atoms with van der Waals surface area (Å²) in [4.78, 5) is 0. The van der Waals surface area contributed by atoms with Crippen LogP contribution in [0.3, 0.4) is 0 Å². The van der Waals surface area contributed by atoms with Crippen molar-refractivity contribution >= 4 is 15.9 Å². The maximum absolute atomic E-state index is 9.98. The number of ether oxygens (including phenoxy) is 1. The van der Waals surface area contributed by atoms with Gasteiger partial charge >= 0.3 is 0 Å². The second-order valence-electron chi connectivity index (χ2n) is 6.23. The third kappa shape index (κ3) is 2.31. The third-order valence-corrected chi connectivity index (χ3v) is 5.70. The van der Waals surface area contributed by atoms with E-state index in [0.29, 0.717) is 12.5 Å². The third-order valence-electron chi connectivity index (χ3n) is 5.20. The molecule has 3 rings (SSSR count). The van der Waals surface area contributed by atoms with Crippen LogP contribution in [0.4, 0.5) is 0 Å². The van der Waals surface area contributed by atoms with E-state index in [1.54, 1.807) is 7.11 Å². The summed E-state index contributed by atoms with van der Waals surface area (Å²) < 4.78 is 6.56. The van der Waals surface area contributed by atoms with E-state index in [0.717, 1.165) is 22.6 Å². The number of rotatable bonds is 4. The van der Waals surface area contributed by atoms with Gasteiger partial charge in [0.2, 0.25) is 0 Å². The Bertz CT molecular complexity index is 474. The van der Waals surface area contributed by atoms with Crippen LogP contribution in [0.25, 0.3) is 0 Å². The lowest BCUT2D eigenvalue weighted by Crippen LogP contribution is -2.34. The number of benzene rings is 1. The van der Waals surface area contributed by atoms with E-state index in [1.165, 1.54) is 31.2 Å². The smallest absolute Gasteiger partial charge is 0.122 e. The van der Waals surface area contributed by atoms with Crippen LogP contribution in [-0.4, -0.2) is 18.8 Å². The van der Waals surface area contributed by atoms with Crippen molar-refractivity contribution < 1.29 is 9.84 Å². The molecule has 1 aromatic carbocycles. The first-order valence-electron chi connectivity index (χ1n) is 7.10. The van der Waals surface area contributed by atoms with E-state index >= 15 is 0 Å². The Morgan fingerprint density at radius 2 is 2.26 bits per heavy atom. The first-order valence-corrected chi connectivity index (χ1v) is 7.89. The van der Waals surface area contributed by atoms with Gasteiger partial charge in [-0.25, -0.2) is 0 Å². The molecular formula is C16H21BrO2. The predicted molar refractivity (Wildman–Crippen MR) is 79.4 cm³/mol. The molecule has 2 aliphatic rings. The number of methoxy groups -OCH3 is 1. The van der Waals surface area contributed by atoms with E-state index in [4.69, 9.17) is 4.74 Å². The minimum Gasteiger partial charge on any atom is -0.496 e. The lowest BCUT2D eigenvalue weighted by Gasteiger charge is -2.36. The minimum atomic E-state index is 0.0942. The van der Waals surface area contributed by atoms with Crippen LogP contribution in [0, 0.1) is 17.3 Å². The Hall–Kier alpha value is -0.540. The molecule has 0 radical (unpaired) electrons. The van der Waals surface area contributed by atoms with Gasteiger partial charge in [-0.2, -0.15) is 0 Å². The van der Waals surface area contributed by atoms with Crippen LogP contribution in [0.15, 0.2) is 22.7 Å². The van der Waals surface area contributed by atoms with Crippen molar-refractivity contribution in [3.05, 3.63) is 28.2 Å². The molecule has 0 aliphatic heterocycles. The van der Waals surface area contributed by atoms with Crippen molar-refractivity contribution in [2.75, 3.05) is 13.7 Å². The van der Waals surface area contributed by atoms with Gasteiger partial charge in [0.1, 0.15) is 5.75 Å². The van der Waals surface area contributed by atoms with Crippen LogP contribution in [-0.2, 0) is 6.42 Å². The Morgan fingerprint density at radius 3 is 2.84 bits per heavy atom. The number of halogens is 1. The molecule has 1 N–H and O–H groups in total. The van der Waals surface area contributed by atoms with Gasteiger partial charge in [-0.1, -0.05) is 22.4 Å². The molecule has 0 spiro atoms. The Balaban J connectivity index is 1.89. The molecule has 3 unspecified atom stereocenters. The lowest BCUT2D eigenvalue weighted by molar-refractivity contribution is 0.0646. The summed E-state index contributed by atoms with van der Waals surface area (Å²) in [6.07, 6.45) is 6.09. The SMILES string of the molecule is COc1ccc(Br)cc1CC1(CO)CC2CCC1C2. The molecule has 1 aromatic rings.